The minimum atomic E-state index is -3.93. The van der Waals surface area contributed by atoms with E-state index in [4.69, 9.17) is 21.8 Å². The number of amidine groups is 1. The van der Waals surface area contributed by atoms with Gasteiger partial charge in [0.05, 0.1) is 21.2 Å². The van der Waals surface area contributed by atoms with E-state index in [1.165, 1.54) is 19.2 Å². The van der Waals surface area contributed by atoms with Crippen molar-refractivity contribution in [1.82, 2.24) is 15.2 Å². The van der Waals surface area contributed by atoms with Gasteiger partial charge in [-0.05, 0) is 56.3 Å². The van der Waals surface area contributed by atoms with Gasteiger partial charge in [0.15, 0.2) is 14.6 Å². The van der Waals surface area contributed by atoms with Gasteiger partial charge in [-0.2, -0.15) is 0 Å². The first-order chi connectivity index (χ1) is 16.5. The van der Waals surface area contributed by atoms with Crippen LogP contribution in [0.25, 0.3) is 22.2 Å². The standard InChI is InChI=1S/C23H19ClFN5O3S2/c1-22(12-35(31,32)23(2,21(26)28-22)17-5-3-4-10-27-17)18-15(25)11-16(34-18)20-30-29-19(33-20)13-6-8-14(24)9-7-13/h3-11H,12H2,1-2H3,(H2,26,28). The lowest BCUT2D eigenvalue weighted by molar-refractivity contribution is 0.482. The molecule has 0 saturated heterocycles. The zero-order chi connectivity index (χ0) is 25.0. The Balaban J connectivity index is 1.54. The van der Waals surface area contributed by atoms with Crippen molar-refractivity contribution in [1.29, 1.82) is 0 Å². The molecule has 0 amide bonds. The molecule has 35 heavy (non-hydrogen) atoms. The summed E-state index contributed by atoms with van der Waals surface area (Å²) in [6, 6.07) is 13.0. The second-order valence-corrected chi connectivity index (χ2v) is 12.3. The molecule has 0 saturated carbocycles. The lowest BCUT2D eigenvalue weighted by Gasteiger charge is -2.38. The first-order valence-electron chi connectivity index (χ1n) is 10.4. The van der Waals surface area contributed by atoms with Gasteiger partial charge in [-0.1, -0.05) is 17.7 Å². The van der Waals surface area contributed by atoms with Crippen LogP contribution in [0.4, 0.5) is 4.39 Å². The molecule has 4 aromatic rings. The minimum absolute atomic E-state index is 0.0997. The topological polar surface area (TPSA) is 124 Å². The summed E-state index contributed by atoms with van der Waals surface area (Å²) in [5.41, 5.74) is 5.72. The molecule has 5 rings (SSSR count). The largest absolute Gasteiger partial charge is 0.415 e. The predicted octanol–water partition coefficient (Wildman–Crippen LogP) is 4.57. The third kappa shape index (κ3) is 3.83. The van der Waals surface area contributed by atoms with Gasteiger partial charge in [-0.25, -0.2) is 12.8 Å². The smallest absolute Gasteiger partial charge is 0.258 e. The fourth-order valence-electron chi connectivity index (χ4n) is 4.00. The Morgan fingerprint density at radius 3 is 2.49 bits per heavy atom. The normalized spacial score (nSPS) is 23.7. The monoisotopic (exact) mass is 531 g/mol. The highest BCUT2D eigenvalue weighted by Gasteiger charge is 2.54. The molecule has 0 radical (unpaired) electrons. The lowest BCUT2D eigenvalue weighted by Crippen LogP contribution is -2.54. The zero-order valence-corrected chi connectivity index (χ0v) is 21.0. The summed E-state index contributed by atoms with van der Waals surface area (Å²) in [5, 5.41) is 8.61. The Bertz CT molecular complexity index is 1550. The van der Waals surface area contributed by atoms with Gasteiger partial charge < -0.3 is 10.2 Å². The number of hydrogen-bond acceptors (Lipinski definition) is 9. The molecule has 1 aliphatic rings. The molecule has 2 unspecified atom stereocenters. The third-order valence-corrected chi connectivity index (χ3v) is 10.2. The highest BCUT2D eigenvalue weighted by molar-refractivity contribution is 7.93. The maximum absolute atomic E-state index is 15.2. The third-order valence-electron chi connectivity index (χ3n) is 6.01. The quantitative estimate of drug-likeness (QED) is 0.409. The number of hydrogen-bond donors (Lipinski definition) is 1. The van der Waals surface area contributed by atoms with E-state index in [9.17, 15) is 8.42 Å². The van der Waals surface area contributed by atoms with Gasteiger partial charge in [-0.15, -0.1) is 21.5 Å². The molecule has 1 aromatic carbocycles. The van der Waals surface area contributed by atoms with Crippen LogP contribution in [-0.4, -0.2) is 35.2 Å². The zero-order valence-electron chi connectivity index (χ0n) is 18.6. The van der Waals surface area contributed by atoms with Crippen molar-refractivity contribution in [2.24, 2.45) is 10.7 Å². The number of sulfone groups is 1. The Labute approximate surface area is 209 Å². The van der Waals surface area contributed by atoms with E-state index in [1.807, 2.05) is 0 Å². The Morgan fingerprint density at radius 1 is 1.11 bits per heavy atom. The first kappa shape index (κ1) is 23.6. The highest BCUT2D eigenvalue weighted by Crippen LogP contribution is 2.45. The fraction of sp³-hybridized carbons (Fsp3) is 0.217. The van der Waals surface area contributed by atoms with Crippen LogP contribution in [0, 0.1) is 5.82 Å². The number of pyridine rings is 1. The molecular weight excluding hydrogens is 513 g/mol. The van der Waals surface area contributed by atoms with Gasteiger partial charge in [0.1, 0.15) is 17.2 Å². The second-order valence-electron chi connectivity index (χ2n) is 8.49. The van der Waals surface area contributed by atoms with Crippen molar-refractivity contribution in [2.45, 2.75) is 24.1 Å². The molecule has 0 spiro atoms. The van der Waals surface area contributed by atoms with Crippen molar-refractivity contribution in [3.63, 3.8) is 0 Å². The molecule has 12 heteroatoms. The maximum atomic E-state index is 15.2. The van der Waals surface area contributed by atoms with Crippen LogP contribution in [0.3, 0.4) is 0 Å². The van der Waals surface area contributed by atoms with Crippen LogP contribution in [0.2, 0.25) is 5.02 Å². The summed E-state index contributed by atoms with van der Waals surface area (Å²) in [5.74, 6) is -0.895. The van der Waals surface area contributed by atoms with Gasteiger partial charge in [0.25, 0.3) is 5.89 Å². The molecule has 180 valence electrons. The summed E-state index contributed by atoms with van der Waals surface area (Å²) >= 11 is 6.91. The number of thiophene rings is 1. The Hall–Kier alpha value is -3.15. The van der Waals surface area contributed by atoms with E-state index in [0.717, 1.165) is 11.3 Å². The number of nitrogens with zero attached hydrogens (tertiary/aromatic N) is 4. The molecule has 2 N–H and O–H groups in total. The average Bonchev–Trinajstić information content (AvgIpc) is 3.45. The van der Waals surface area contributed by atoms with E-state index in [1.54, 1.807) is 49.4 Å². The summed E-state index contributed by atoms with van der Waals surface area (Å²) in [4.78, 5) is 9.14. The van der Waals surface area contributed by atoms with Crippen LogP contribution in [-0.2, 0) is 20.1 Å². The van der Waals surface area contributed by atoms with Crippen LogP contribution in [0.5, 0.6) is 0 Å². The first-order valence-corrected chi connectivity index (χ1v) is 13.3. The van der Waals surface area contributed by atoms with Crippen LogP contribution >= 0.6 is 22.9 Å². The summed E-state index contributed by atoms with van der Waals surface area (Å²) in [7, 11) is -3.93. The SMILES string of the molecule is CC1(c2sc(-c3nnc(-c4ccc(Cl)cc4)o3)cc2F)CS(=O)(=O)C(C)(c2ccccn2)C(N)=N1. The van der Waals surface area contributed by atoms with Crippen LogP contribution < -0.4 is 5.73 Å². The Morgan fingerprint density at radius 2 is 1.83 bits per heavy atom. The molecular formula is C23H19ClFN5O3S2. The predicted molar refractivity (Wildman–Crippen MR) is 132 cm³/mol. The maximum Gasteiger partial charge on any atom is 0.258 e. The molecule has 4 heterocycles. The highest BCUT2D eigenvalue weighted by atomic mass is 35.5. The number of benzene rings is 1. The van der Waals surface area contributed by atoms with Crippen LogP contribution in [0.1, 0.15) is 24.4 Å². The van der Waals surface area contributed by atoms with Crippen molar-refractivity contribution < 1.29 is 17.2 Å². The molecule has 0 fully saturated rings. The second kappa shape index (κ2) is 8.21. The summed E-state index contributed by atoms with van der Waals surface area (Å²) in [6.07, 6.45) is 1.49. The van der Waals surface area contributed by atoms with Gasteiger partial charge >= 0.3 is 0 Å². The van der Waals surface area contributed by atoms with Crippen molar-refractivity contribution >= 4 is 38.6 Å². The van der Waals surface area contributed by atoms with E-state index >= 15 is 4.39 Å². The van der Waals surface area contributed by atoms with E-state index in [-0.39, 0.29) is 28.2 Å². The molecule has 3 aromatic heterocycles. The van der Waals surface area contributed by atoms with Crippen molar-refractivity contribution in [3.8, 4) is 22.2 Å². The average molecular weight is 532 g/mol. The number of nitrogens with two attached hydrogens (primary N) is 1. The Kier molecular flexibility index (Phi) is 5.53. The fourth-order valence-corrected chi connectivity index (χ4v) is 7.31. The molecule has 8 nitrogen and oxygen atoms in total. The van der Waals surface area contributed by atoms with Gasteiger partial charge in [-0.3, -0.25) is 9.98 Å². The minimum Gasteiger partial charge on any atom is -0.415 e. The molecule has 0 aliphatic carbocycles. The lowest BCUT2D eigenvalue weighted by atomic mass is 9.99. The number of aromatic nitrogens is 3. The molecule has 0 bridgehead atoms. The summed E-state index contributed by atoms with van der Waals surface area (Å²) < 4.78 is 46.3. The van der Waals surface area contributed by atoms with Gasteiger partial charge in [0, 0.05) is 16.8 Å². The van der Waals surface area contributed by atoms with Crippen molar-refractivity contribution in [3.05, 3.63) is 76.1 Å². The molecule has 1 aliphatic heterocycles. The number of aliphatic imine (C=N–C) groups is 1. The van der Waals surface area contributed by atoms with Crippen LogP contribution in [0.15, 0.2) is 64.1 Å². The van der Waals surface area contributed by atoms with E-state index < -0.39 is 31.7 Å². The van der Waals surface area contributed by atoms with Gasteiger partial charge in [0.2, 0.25) is 5.89 Å². The van der Waals surface area contributed by atoms with E-state index in [0.29, 0.717) is 15.5 Å². The summed E-state index contributed by atoms with van der Waals surface area (Å²) in [6.45, 7) is 3.01. The molecule has 2 atom stereocenters. The van der Waals surface area contributed by atoms with Crippen molar-refractivity contribution in [2.75, 3.05) is 5.75 Å². The number of halogens is 2. The van der Waals surface area contributed by atoms with E-state index in [2.05, 4.69) is 20.2 Å². The number of rotatable bonds is 4.